The summed E-state index contributed by atoms with van der Waals surface area (Å²) >= 11 is 11.4. The molecule has 0 radical (unpaired) electrons. The van der Waals surface area contributed by atoms with Gasteiger partial charge in [0.05, 0.1) is 23.6 Å². The maximum atomic E-state index is 12.9. The Morgan fingerprint density at radius 1 is 1.14 bits per heavy atom. The van der Waals surface area contributed by atoms with E-state index in [-0.39, 0.29) is 17.2 Å². The van der Waals surface area contributed by atoms with Crippen molar-refractivity contribution in [2.75, 3.05) is 51.3 Å². The van der Waals surface area contributed by atoms with E-state index in [0.717, 1.165) is 36.9 Å². The molecule has 0 saturated carbocycles. The van der Waals surface area contributed by atoms with Crippen LogP contribution in [-0.2, 0) is 16.1 Å². The van der Waals surface area contributed by atoms with Gasteiger partial charge >= 0.3 is 5.97 Å². The first-order chi connectivity index (χ1) is 16.9. The van der Waals surface area contributed by atoms with Crippen LogP contribution in [0.2, 0.25) is 5.02 Å². The van der Waals surface area contributed by atoms with E-state index in [2.05, 4.69) is 26.2 Å². The maximum Gasteiger partial charge on any atom is 0.337 e. The second-order valence-corrected chi connectivity index (χ2v) is 9.06. The highest BCUT2D eigenvalue weighted by molar-refractivity contribution is 7.71. The quantitative estimate of drug-likeness (QED) is 0.368. The number of H-pyrrole nitrogens is 1. The van der Waals surface area contributed by atoms with Crippen LogP contribution in [0, 0.1) is 4.77 Å². The zero-order valence-electron chi connectivity index (χ0n) is 19.3. The molecule has 1 aliphatic heterocycles. The fourth-order valence-corrected chi connectivity index (χ4v) is 4.54. The smallest absolute Gasteiger partial charge is 0.337 e. The number of aromatic amines is 1. The topological polar surface area (TPSA) is 99.7 Å². The fraction of sp³-hybridized carbons (Fsp3) is 0.333. The van der Waals surface area contributed by atoms with Crippen molar-refractivity contribution in [2.24, 2.45) is 0 Å². The third kappa shape index (κ3) is 5.90. The summed E-state index contributed by atoms with van der Waals surface area (Å²) in [7, 11) is 1.28. The third-order valence-corrected chi connectivity index (χ3v) is 6.56. The van der Waals surface area contributed by atoms with E-state index in [1.165, 1.54) is 29.9 Å². The summed E-state index contributed by atoms with van der Waals surface area (Å²) in [5.41, 5.74) is 1.43. The monoisotopic (exact) mass is 515 g/mol. The molecule has 1 saturated heterocycles. The Labute approximate surface area is 212 Å². The number of anilines is 1. The molecule has 1 amide bonds. The fourth-order valence-electron chi connectivity index (χ4n) is 4.10. The molecular formula is C24H26ClN5O4S. The van der Waals surface area contributed by atoms with E-state index in [1.807, 2.05) is 18.2 Å². The van der Waals surface area contributed by atoms with Gasteiger partial charge in [-0.15, -0.1) is 0 Å². The lowest BCUT2D eigenvalue weighted by molar-refractivity contribution is -0.121. The molecule has 2 heterocycles. The summed E-state index contributed by atoms with van der Waals surface area (Å²) in [6, 6.07) is 12.4. The second kappa shape index (κ2) is 11.0. The Bertz CT molecular complexity index is 1360. The molecule has 0 aliphatic carbocycles. The molecule has 3 aromatic rings. The molecule has 2 aromatic carbocycles. The van der Waals surface area contributed by atoms with Crippen LogP contribution in [-0.4, -0.2) is 72.7 Å². The minimum atomic E-state index is -0.513. The number of nitrogens with one attached hydrogen (secondary N) is 2. The van der Waals surface area contributed by atoms with Gasteiger partial charge in [0.25, 0.3) is 5.56 Å². The van der Waals surface area contributed by atoms with Gasteiger partial charge in [0.15, 0.2) is 4.77 Å². The lowest BCUT2D eigenvalue weighted by atomic mass is 10.1. The zero-order chi connectivity index (χ0) is 24.9. The van der Waals surface area contributed by atoms with Gasteiger partial charge in [0.1, 0.15) is 6.54 Å². The lowest BCUT2D eigenvalue weighted by Gasteiger charge is -2.36. The molecule has 35 heavy (non-hydrogen) atoms. The van der Waals surface area contributed by atoms with E-state index in [4.69, 9.17) is 28.6 Å². The van der Waals surface area contributed by atoms with Gasteiger partial charge in [-0.1, -0.05) is 17.7 Å². The largest absolute Gasteiger partial charge is 0.465 e. The molecule has 184 valence electrons. The first-order valence-corrected chi connectivity index (χ1v) is 12.0. The SMILES string of the molecule is COC(=O)c1ccc2c(=O)n(CC(=O)NCCN3CCN(c4cccc(Cl)c4)CC3)c(=S)[nH]c2c1. The van der Waals surface area contributed by atoms with Crippen molar-refractivity contribution < 1.29 is 14.3 Å². The van der Waals surface area contributed by atoms with Gasteiger partial charge in [-0.05, 0) is 48.6 Å². The lowest BCUT2D eigenvalue weighted by Crippen LogP contribution is -2.48. The predicted molar refractivity (Wildman–Crippen MR) is 138 cm³/mol. The molecule has 9 nitrogen and oxygen atoms in total. The van der Waals surface area contributed by atoms with E-state index in [1.54, 1.807) is 0 Å². The number of halogens is 1. The number of carbonyl (C=O) groups is 2. The van der Waals surface area contributed by atoms with Crippen LogP contribution in [0.4, 0.5) is 5.69 Å². The summed E-state index contributed by atoms with van der Waals surface area (Å²) in [5.74, 6) is -0.810. The van der Waals surface area contributed by atoms with Crippen LogP contribution in [0.5, 0.6) is 0 Å². The molecule has 0 atom stereocenters. The zero-order valence-corrected chi connectivity index (χ0v) is 20.8. The van der Waals surface area contributed by atoms with Crippen LogP contribution in [0.25, 0.3) is 10.9 Å². The van der Waals surface area contributed by atoms with Crippen LogP contribution in [0.3, 0.4) is 0 Å². The number of methoxy groups -OCH3 is 1. The number of fused-ring (bicyclic) bond motifs is 1. The number of benzene rings is 2. The highest BCUT2D eigenvalue weighted by atomic mass is 35.5. The Hall–Kier alpha value is -3.21. The number of ether oxygens (including phenoxy) is 1. The Morgan fingerprint density at radius 2 is 1.91 bits per heavy atom. The minimum absolute atomic E-state index is 0.108. The summed E-state index contributed by atoms with van der Waals surface area (Å²) < 4.78 is 6.03. The van der Waals surface area contributed by atoms with Gasteiger partial charge in [-0.2, -0.15) is 0 Å². The number of esters is 1. The van der Waals surface area contributed by atoms with Crippen molar-refractivity contribution in [1.29, 1.82) is 0 Å². The van der Waals surface area contributed by atoms with Crippen LogP contribution < -0.4 is 15.8 Å². The number of hydrogen-bond acceptors (Lipinski definition) is 7. The van der Waals surface area contributed by atoms with Gasteiger partial charge < -0.3 is 19.9 Å². The first-order valence-electron chi connectivity index (χ1n) is 11.2. The van der Waals surface area contributed by atoms with Crippen molar-refractivity contribution in [2.45, 2.75) is 6.54 Å². The predicted octanol–water partition coefficient (Wildman–Crippen LogP) is 2.44. The van der Waals surface area contributed by atoms with Gasteiger partial charge in [0, 0.05) is 50.0 Å². The highest BCUT2D eigenvalue weighted by Gasteiger charge is 2.18. The van der Waals surface area contributed by atoms with Crippen LogP contribution in [0.1, 0.15) is 10.4 Å². The number of rotatable bonds is 7. The Balaban J connectivity index is 1.30. The van der Waals surface area contributed by atoms with E-state index in [0.29, 0.717) is 29.6 Å². The number of piperazine rings is 1. The standard InChI is InChI=1S/C24H26ClN5O4S/c1-34-23(33)16-5-6-19-20(13-16)27-24(35)30(22(19)32)15-21(31)26-7-8-28-9-11-29(12-10-28)18-4-2-3-17(25)14-18/h2-6,13-14H,7-12,15H2,1H3,(H,26,31)(H,27,35). The van der Waals surface area contributed by atoms with E-state index in [9.17, 15) is 14.4 Å². The van der Waals surface area contributed by atoms with Crippen molar-refractivity contribution >= 4 is 52.3 Å². The van der Waals surface area contributed by atoms with Gasteiger partial charge in [-0.3, -0.25) is 19.1 Å². The molecule has 1 fully saturated rings. The molecular weight excluding hydrogens is 490 g/mol. The Kier molecular flexibility index (Phi) is 7.84. The number of amides is 1. The number of aromatic nitrogens is 2. The molecule has 0 unspecified atom stereocenters. The first kappa shape index (κ1) is 24.9. The molecule has 0 bridgehead atoms. The van der Waals surface area contributed by atoms with E-state index >= 15 is 0 Å². The maximum absolute atomic E-state index is 12.9. The summed E-state index contributed by atoms with van der Waals surface area (Å²) in [5, 5.41) is 3.93. The molecule has 1 aliphatic rings. The summed E-state index contributed by atoms with van der Waals surface area (Å²) in [6.07, 6.45) is 0. The molecule has 1 aromatic heterocycles. The summed E-state index contributed by atoms with van der Waals surface area (Å²) in [4.78, 5) is 44.6. The summed E-state index contributed by atoms with van der Waals surface area (Å²) in [6.45, 7) is 4.52. The van der Waals surface area contributed by atoms with Crippen molar-refractivity contribution in [3.63, 3.8) is 0 Å². The molecule has 2 N–H and O–H groups in total. The molecule has 11 heteroatoms. The second-order valence-electron chi connectivity index (χ2n) is 8.23. The number of hydrogen-bond donors (Lipinski definition) is 2. The highest BCUT2D eigenvalue weighted by Crippen LogP contribution is 2.20. The van der Waals surface area contributed by atoms with Crippen LogP contribution in [0.15, 0.2) is 47.3 Å². The van der Waals surface area contributed by atoms with Crippen molar-refractivity contribution in [3.8, 4) is 0 Å². The van der Waals surface area contributed by atoms with Crippen molar-refractivity contribution in [1.82, 2.24) is 19.8 Å². The molecule has 4 rings (SSSR count). The normalized spacial score (nSPS) is 14.2. The Morgan fingerprint density at radius 3 is 2.63 bits per heavy atom. The average Bonchev–Trinajstić information content (AvgIpc) is 2.86. The van der Waals surface area contributed by atoms with Gasteiger partial charge in [-0.25, -0.2) is 4.79 Å². The average molecular weight is 516 g/mol. The number of carbonyl (C=O) groups excluding carboxylic acids is 2. The third-order valence-electron chi connectivity index (χ3n) is 6.00. The minimum Gasteiger partial charge on any atom is -0.465 e. The van der Waals surface area contributed by atoms with E-state index < -0.39 is 11.5 Å². The number of nitrogens with zero attached hydrogens (tertiary/aromatic N) is 3. The van der Waals surface area contributed by atoms with Crippen molar-refractivity contribution in [3.05, 3.63) is 68.2 Å². The van der Waals surface area contributed by atoms with Crippen LogP contribution >= 0.6 is 23.8 Å². The molecule has 0 spiro atoms. The van der Waals surface area contributed by atoms with Gasteiger partial charge in [0.2, 0.25) is 5.91 Å².